The number of hydrogen-bond acceptors (Lipinski definition) is 5. The van der Waals surface area contributed by atoms with Crippen LogP contribution in [-0.2, 0) is 16.8 Å². The molecular weight excluding hydrogens is 352 g/mol. The van der Waals surface area contributed by atoms with Crippen LogP contribution in [0.15, 0.2) is 34.9 Å². The van der Waals surface area contributed by atoms with Gasteiger partial charge >= 0.3 is 0 Å². The number of benzene rings is 1. The highest BCUT2D eigenvalue weighted by Crippen LogP contribution is 2.35. The van der Waals surface area contributed by atoms with Crippen LogP contribution in [0.5, 0.6) is 0 Å². The maximum absolute atomic E-state index is 12.4. The van der Waals surface area contributed by atoms with E-state index in [0.29, 0.717) is 18.1 Å². The normalized spacial score (nSPS) is 16.9. The van der Waals surface area contributed by atoms with Gasteiger partial charge in [-0.25, -0.2) is 0 Å². The molecule has 1 aromatic heterocycles. The van der Waals surface area contributed by atoms with Crippen molar-refractivity contribution < 1.29 is 9.32 Å². The van der Waals surface area contributed by atoms with Crippen LogP contribution in [0.2, 0.25) is 0 Å². The molecule has 0 aliphatic heterocycles. The predicted molar refractivity (Wildman–Crippen MR) is 102 cm³/mol. The SMILES string of the molecule is CC(C)C(NC(=O)Cc1ccccc1)c1nc(C2(N)CCCC2)no1.Cl. The van der Waals surface area contributed by atoms with E-state index < -0.39 is 5.54 Å². The lowest BCUT2D eigenvalue weighted by molar-refractivity contribution is -0.121. The summed E-state index contributed by atoms with van der Waals surface area (Å²) in [5.41, 5.74) is 6.89. The molecule has 0 saturated heterocycles. The van der Waals surface area contributed by atoms with Crippen molar-refractivity contribution in [3.63, 3.8) is 0 Å². The van der Waals surface area contributed by atoms with E-state index in [2.05, 4.69) is 15.5 Å². The van der Waals surface area contributed by atoms with E-state index in [4.69, 9.17) is 10.3 Å². The van der Waals surface area contributed by atoms with Gasteiger partial charge in [0.25, 0.3) is 0 Å². The minimum Gasteiger partial charge on any atom is -0.344 e. The molecule has 1 aromatic carbocycles. The van der Waals surface area contributed by atoms with E-state index in [1.807, 2.05) is 44.2 Å². The Kier molecular flexibility index (Phi) is 6.78. The van der Waals surface area contributed by atoms with Crippen LogP contribution in [-0.4, -0.2) is 16.0 Å². The minimum absolute atomic E-state index is 0. The number of amides is 1. The van der Waals surface area contributed by atoms with Crippen LogP contribution in [0.4, 0.5) is 0 Å². The summed E-state index contributed by atoms with van der Waals surface area (Å²) in [6.45, 7) is 4.04. The number of aromatic nitrogens is 2. The second kappa shape index (κ2) is 8.64. The van der Waals surface area contributed by atoms with E-state index in [1.54, 1.807) is 0 Å². The monoisotopic (exact) mass is 378 g/mol. The van der Waals surface area contributed by atoms with Gasteiger partial charge in [-0.3, -0.25) is 4.79 Å². The Morgan fingerprint density at radius 1 is 1.27 bits per heavy atom. The number of rotatable bonds is 6. The summed E-state index contributed by atoms with van der Waals surface area (Å²) in [6.07, 6.45) is 4.24. The molecule has 1 heterocycles. The molecular formula is C19H27ClN4O2. The van der Waals surface area contributed by atoms with Crippen LogP contribution >= 0.6 is 12.4 Å². The van der Waals surface area contributed by atoms with Crippen molar-refractivity contribution in [3.05, 3.63) is 47.6 Å². The van der Waals surface area contributed by atoms with Crippen LogP contribution in [0.25, 0.3) is 0 Å². The van der Waals surface area contributed by atoms with Gasteiger partial charge in [-0.2, -0.15) is 4.98 Å². The Balaban J connectivity index is 0.00000243. The fourth-order valence-electron chi connectivity index (χ4n) is 3.31. The zero-order valence-electron chi connectivity index (χ0n) is 15.3. The molecule has 1 fully saturated rings. The second-order valence-corrected chi connectivity index (χ2v) is 7.27. The van der Waals surface area contributed by atoms with Gasteiger partial charge in [-0.15, -0.1) is 12.4 Å². The third-order valence-electron chi connectivity index (χ3n) is 4.84. The number of nitrogens with zero attached hydrogens (tertiary/aromatic N) is 2. The van der Waals surface area contributed by atoms with Gasteiger partial charge in [0, 0.05) is 0 Å². The maximum atomic E-state index is 12.4. The quantitative estimate of drug-likeness (QED) is 0.804. The van der Waals surface area contributed by atoms with Crippen molar-refractivity contribution in [3.8, 4) is 0 Å². The molecule has 1 unspecified atom stereocenters. The highest BCUT2D eigenvalue weighted by atomic mass is 35.5. The Bertz CT molecular complexity index is 711. The fourth-order valence-corrected chi connectivity index (χ4v) is 3.31. The highest BCUT2D eigenvalue weighted by molar-refractivity contribution is 5.85. The Labute approximate surface area is 160 Å². The summed E-state index contributed by atoms with van der Waals surface area (Å²) < 4.78 is 5.46. The molecule has 3 N–H and O–H groups in total. The Morgan fingerprint density at radius 2 is 1.92 bits per heavy atom. The van der Waals surface area contributed by atoms with E-state index in [9.17, 15) is 4.79 Å². The number of nitrogens with two attached hydrogens (primary N) is 1. The van der Waals surface area contributed by atoms with E-state index in [0.717, 1.165) is 31.2 Å². The number of hydrogen-bond donors (Lipinski definition) is 2. The van der Waals surface area contributed by atoms with E-state index in [-0.39, 0.29) is 30.3 Å². The molecule has 142 valence electrons. The smallest absolute Gasteiger partial charge is 0.249 e. The standard InChI is InChI=1S/C19H26N4O2.ClH/c1-13(2)16(21-15(24)12-14-8-4-3-5-9-14)17-22-18(23-25-17)19(20)10-6-7-11-19;/h3-5,8-9,13,16H,6-7,10-12,20H2,1-2H3,(H,21,24);1H. The van der Waals surface area contributed by atoms with Gasteiger partial charge in [0.05, 0.1) is 12.0 Å². The minimum atomic E-state index is -0.489. The molecule has 1 aliphatic rings. The van der Waals surface area contributed by atoms with Crippen molar-refractivity contribution in [1.82, 2.24) is 15.5 Å². The van der Waals surface area contributed by atoms with Gasteiger partial charge in [-0.1, -0.05) is 62.2 Å². The lowest BCUT2D eigenvalue weighted by atomic mass is 9.98. The van der Waals surface area contributed by atoms with Gasteiger partial charge in [0.2, 0.25) is 11.8 Å². The van der Waals surface area contributed by atoms with Crippen LogP contribution in [0.3, 0.4) is 0 Å². The van der Waals surface area contributed by atoms with Crippen molar-refractivity contribution in [2.75, 3.05) is 0 Å². The lowest BCUT2D eigenvalue weighted by Crippen LogP contribution is -2.35. The van der Waals surface area contributed by atoms with Crippen LogP contribution in [0, 0.1) is 5.92 Å². The molecule has 0 spiro atoms. The number of carbonyl (C=O) groups excluding carboxylic acids is 1. The fraction of sp³-hybridized carbons (Fsp3) is 0.526. The number of carbonyl (C=O) groups is 1. The van der Waals surface area contributed by atoms with E-state index >= 15 is 0 Å². The molecule has 7 heteroatoms. The second-order valence-electron chi connectivity index (χ2n) is 7.27. The highest BCUT2D eigenvalue weighted by Gasteiger charge is 2.37. The first-order valence-electron chi connectivity index (χ1n) is 8.94. The maximum Gasteiger partial charge on any atom is 0.249 e. The number of nitrogens with one attached hydrogen (secondary N) is 1. The summed E-state index contributed by atoms with van der Waals surface area (Å²) in [5.74, 6) is 1.06. The van der Waals surface area contributed by atoms with Gasteiger partial charge in [0.15, 0.2) is 5.82 Å². The molecule has 6 nitrogen and oxygen atoms in total. The summed E-state index contributed by atoms with van der Waals surface area (Å²) in [6, 6.07) is 9.34. The predicted octanol–water partition coefficient (Wildman–Crippen LogP) is 3.28. The van der Waals surface area contributed by atoms with Gasteiger partial charge < -0.3 is 15.6 Å². The van der Waals surface area contributed by atoms with Crippen molar-refractivity contribution in [2.45, 2.75) is 57.5 Å². The molecule has 3 rings (SSSR count). The topological polar surface area (TPSA) is 94.0 Å². The summed E-state index contributed by atoms with van der Waals surface area (Å²) >= 11 is 0. The molecule has 1 amide bonds. The van der Waals surface area contributed by atoms with Gasteiger partial charge in [0.1, 0.15) is 6.04 Å². The van der Waals surface area contributed by atoms with Crippen molar-refractivity contribution >= 4 is 18.3 Å². The molecule has 0 radical (unpaired) electrons. The third kappa shape index (κ3) is 4.62. The van der Waals surface area contributed by atoms with Gasteiger partial charge in [-0.05, 0) is 24.3 Å². The Hall–Kier alpha value is -1.92. The average Bonchev–Trinajstić information content (AvgIpc) is 3.23. The average molecular weight is 379 g/mol. The molecule has 1 atom stereocenters. The molecule has 1 saturated carbocycles. The third-order valence-corrected chi connectivity index (χ3v) is 4.84. The molecule has 0 bridgehead atoms. The zero-order chi connectivity index (χ0) is 17.9. The first-order chi connectivity index (χ1) is 12.0. The zero-order valence-corrected chi connectivity index (χ0v) is 16.1. The largest absolute Gasteiger partial charge is 0.344 e. The van der Waals surface area contributed by atoms with E-state index in [1.165, 1.54) is 0 Å². The van der Waals surface area contributed by atoms with Crippen molar-refractivity contribution in [1.29, 1.82) is 0 Å². The van der Waals surface area contributed by atoms with Crippen LogP contribution in [0.1, 0.15) is 62.9 Å². The van der Waals surface area contributed by atoms with Crippen molar-refractivity contribution in [2.24, 2.45) is 11.7 Å². The summed E-state index contributed by atoms with van der Waals surface area (Å²) in [5, 5.41) is 7.12. The first-order valence-corrected chi connectivity index (χ1v) is 8.94. The Morgan fingerprint density at radius 3 is 2.54 bits per heavy atom. The molecule has 26 heavy (non-hydrogen) atoms. The summed E-state index contributed by atoms with van der Waals surface area (Å²) in [7, 11) is 0. The summed E-state index contributed by atoms with van der Waals surface area (Å²) in [4.78, 5) is 16.9. The van der Waals surface area contributed by atoms with Crippen LogP contribution < -0.4 is 11.1 Å². The first kappa shape index (κ1) is 20.4. The number of halogens is 1. The molecule has 1 aliphatic carbocycles. The molecule has 2 aromatic rings. The lowest BCUT2D eigenvalue weighted by Gasteiger charge is -2.19.